The Bertz CT molecular complexity index is 864. The predicted molar refractivity (Wildman–Crippen MR) is 64.6 cm³/mol. The van der Waals surface area contributed by atoms with Gasteiger partial charge in [0.1, 0.15) is 5.75 Å². The highest BCUT2D eigenvalue weighted by molar-refractivity contribution is 5.86. The largest absolute Gasteiger partial charge is 0.497 e. The number of carbonyl (C=O) groups is 1. The summed E-state index contributed by atoms with van der Waals surface area (Å²) in [6.07, 6.45) is 0. The molecule has 0 amide bonds. The lowest BCUT2D eigenvalue weighted by Crippen LogP contribution is -2.22. The molecule has 0 bridgehead atoms. The van der Waals surface area contributed by atoms with Crippen molar-refractivity contribution in [3.05, 3.63) is 34.2 Å². The molecule has 2 N–H and O–H groups in total. The second-order valence-corrected chi connectivity index (χ2v) is 3.81. The number of aromatic amines is 1. The number of imidazole rings is 1. The number of benzene rings is 1. The Morgan fingerprint density at radius 1 is 1.42 bits per heavy atom. The first-order valence-corrected chi connectivity index (χ1v) is 5.30. The summed E-state index contributed by atoms with van der Waals surface area (Å²) >= 11 is 0. The first-order valence-electron chi connectivity index (χ1n) is 5.30. The Morgan fingerprint density at radius 3 is 2.89 bits per heavy atom. The fraction of sp³-hybridized carbons (Fsp3) is 0.0909. The Kier molecular flexibility index (Phi) is 2.24. The maximum atomic E-state index is 11.6. The minimum absolute atomic E-state index is 0.111. The minimum Gasteiger partial charge on any atom is -0.497 e. The van der Waals surface area contributed by atoms with Crippen molar-refractivity contribution in [1.82, 2.24) is 19.6 Å². The molecule has 0 aliphatic rings. The van der Waals surface area contributed by atoms with E-state index in [-0.39, 0.29) is 5.78 Å². The van der Waals surface area contributed by atoms with Gasteiger partial charge in [-0.3, -0.25) is 9.89 Å². The lowest BCUT2D eigenvalue weighted by molar-refractivity contribution is 0.0688. The van der Waals surface area contributed by atoms with Crippen LogP contribution < -0.4 is 10.3 Å². The molecule has 0 spiro atoms. The number of nitrogens with one attached hydrogen (secondary N) is 1. The van der Waals surface area contributed by atoms with Crippen molar-refractivity contribution in [1.29, 1.82) is 0 Å². The Hall–Kier alpha value is -2.90. The number of hydrogen-bond donors (Lipinski definition) is 2. The lowest BCUT2D eigenvalue weighted by Gasteiger charge is -1.99. The van der Waals surface area contributed by atoms with Gasteiger partial charge >= 0.3 is 5.97 Å². The van der Waals surface area contributed by atoms with Gasteiger partial charge in [-0.2, -0.15) is 4.98 Å². The van der Waals surface area contributed by atoms with Crippen molar-refractivity contribution < 1.29 is 14.6 Å². The van der Waals surface area contributed by atoms with Crippen LogP contribution in [0.1, 0.15) is 10.5 Å². The molecule has 0 fully saturated rings. The van der Waals surface area contributed by atoms with E-state index < -0.39 is 17.2 Å². The molecule has 0 atom stereocenters. The molecule has 3 aromatic rings. The number of ether oxygens (including phenoxy) is 1. The number of hydrogen-bond acceptors (Lipinski definition) is 5. The summed E-state index contributed by atoms with van der Waals surface area (Å²) in [4.78, 5) is 30.3. The molecule has 0 saturated carbocycles. The maximum absolute atomic E-state index is 11.6. The van der Waals surface area contributed by atoms with Crippen molar-refractivity contribution in [3.8, 4) is 5.75 Å². The highest BCUT2D eigenvalue weighted by Crippen LogP contribution is 2.20. The van der Waals surface area contributed by atoms with Gasteiger partial charge in [-0.15, -0.1) is 0 Å². The van der Waals surface area contributed by atoms with E-state index in [0.29, 0.717) is 16.8 Å². The summed E-state index contributed by atoms with van der Waals surface area (Å²) in [6.45, 7) is 0. The van der Waals surface area contributed by atoms with Crippen molar-refractivity contribution in [2.24, 2.45) is 0 Å². The summed E-state index contributed by atoms with van der Waals surface area (Å²) in [6, 6.07) is 5.08. The molecule has 0 aliphatic carbocycles. The lowest BCUT2D eigenvalue weighted by atomic mass is 10.3. The van der Waals surface area contributed by atoms with Crippen LogP contribution in [0.4, 0.5) is 0 Å². The number of aromatic nitrogens is 4. The van der Waals surface area contributed by atoms with Gasteiger partial charge in [-0.25, -0.2) is 14.3 Å². The van der Waals surface area contributed by atoms with Crippen LogP contribution in [0.15, 0.2) is 23.0 Å². The highest BCUT2D eigenvalue weighted by atomic mass is 16.5. The second kappa shape index (κ2) is 3.80. The van der Waals surface area contributed by atoms with Crippen molar-refractivity contribution >= 4 is 22.8 Å². The molecule has 1 aromatic carbocycles. The van der Waals surface area contributed by atoms with E-state index in [1.54, 1.807) is 18.2 Å². The van der Waals surface area contributed by atoms with Crippen molar-refractivity contribution in [2.45, 2.75) is 0 Å². The zero-order valence-electron chi connectivity index (χ0n) is 9.75. The van der Waals surface area contributed by atoms with E-state index in [9.17, 15) is 9.59 Å². The van der Waals surface area contributed by atoms with E-state index in [1.807, 2.05) is 0 Å². The summed E-state index contributed by atoms with van der Waals surface area (Å²) in [5, 5.41) is 11.3. The standard InChI is InChI=1S/C11H8N4O4/c1-19-5-2-3-6-7(4-5)15-11(12-6)13-8(10(17)18)9(16)14-15/h2-4H,1H3,(H,14,16)(H,17,18). The van der Waals surface area contributed by atoms with Crippen molar-refractivity contribution in [2.75, 3.05) is 7.11 Å². The van der Waals surface area contributed by atoms with Gasteiger partial charge in [-0.05, 0) is 12.1 Å². The molecular weight excluding hydrogens is 252 g/mol. The Balaban J connectivity index is 2.42. The van der Waals surface area contributed by atoms with Gasteiger partial charge in [0, 0.05) is 6.07 Å². The number of H-pyrrole nitrogens is 1. The van der Waals surface area contributed by atoms with Gasteiger partial charge in [-0.1, -0.05) is 0 Å². The third kappa shape index (κ3) is 1.61. The molecule has 8 nitrogen and oxygen atoms in total. The molecule has 19 heavy (non-hydrogen) atoms. The molecule has 8 heteroatoms. The van der Waals surface area contributed by atoms with Crippen LogP contribution in [0.3, 0.4) is 0 Å². The number of carboxylic acids is 1. The average molecular weight is 260 g/mol. The quantitative estimate of drug-likeness (QED) is 0.684. The summed E-state index contributed by atoms with van der Waals surface area (Å²) in [5.74, 6) is -0.689. The molecule has 0 radical (unpaired) electrons. The monoisotopic (exact) mass is 260 g/mol. The fourth-order valence-corrected chi connectivity index (χ4v) is 1.80. The number of fused-ring (bicyclic) bond motifs is 3. The summed E-state index contributed by atoms with van der Waals surface area (Å²) in [7, 11) is 1.52. The third-order valence-electron chi connectivity index (χ3n) is 2.69. The minimum atomic E-state index is -1.40. The van der Waals surface area contributed by atoms with Gasteiger partial charge in [0.2, 0.25) is 5.69 Å². The number of rotatable bonds is 2. The van der Waals surface area contributed by atoms with E-state index in [2.05, 4.69) is 15.1 Å². The number of nitrogens with zero attached hydrogens (tertiary/aromatic N) is 3. The van der Waals surface area contributed by atoms with E-state index in [1.165, 1.54) is 11.6 Å². The molecule has 2 heterocycles. The first-order chi connectivity index (χ1) is 9.10. The smallest absolute Gasteiger partial charge is 0.360 e. The van der Waals surface area contributed by atoms with Crippen LogP contribution in [0.25, 0.3) is 16.8 Å². The zero-order valence-corrected chi connectivity index (χ0v) is 9.75. The van der Waals surface area contributed by atoms with E-state index in [0.717, 1.165) is 0 Å². The Morgan fingerprint density at radius 2 is 2.21 bits per heavy atom. The van der Waals surface area contributed by atoms with Gasteiger partial charge < -0.3 is 9.84 Å². The number of aromatic carboxylic acids is 1. The molecule has 96 valence electrons. The van der Waals surface area contributed by atoms with E-state index >= 15 is 0 Å². The fourth-order valence-electron chi connectivity index (χ4n) is 1.80. The third-order valence-corrected chi connectivity index (χ3v) is 2.69. The zero-order chi connectivity index (χ0) is 13.6. The van der Waals surface area contributed by atoms with Crippen molar-refractivity contribution in [3.63, 3.8) is 0 Å². The van der Waals surface area contributed by atoms with E-state index in [4.69, 9.17) is 9.84 Å². The van der Waals surface area contributed by atoms with Crippen LogP contribution in [0.2, 0.25) is 0 Å². The predicted octanol–water partition coefficient (Wildman–Crippen LogP) is 0.278. The van der Waals surface area contributed by atoms with Crippen LogP contribution >= 0.6 is 0 Å². The maximum Gasteiger partial charge on any atom is 0.360 e. The van der Waals surface area contributed by atoms with Crippen LogP contribution in [0, 0.1) is 0 Å². The summed E-state index contributed by atoms with van der Waals surface area (Å²) in [5.41, 5.74) is -0.223. The van der Waals surface area contributed by atoms with Crippen LogP contribution in [-0.2, 0) is 0 Å². The molecule has 0 saturated heterocycles. The molecular formula is C11H8N4O4. The molecule has 0 unspecified atom stereocenters. The summed E-state index contributed by atoms with van der Waals surface area (Å²) < 4.78 is 6.41. The highest BCUT2D eigenvalue weighted by Gasteiger charge is 2.15. The normalized spacial score (nSPS) is 11.0. The van der Waals surface area contributed by atoms with Crippen LogP contribution in [0.5, 0.6) is 5.75 Å². The molecule has 0 aliphatic heterocycles. The van der Waals surface area contributed by atoms with Gasteiger partial charge in [0.05, 0.1) is 18.1 Å². The first kappa shape index (κ1) is 11.2. The number of carboxylic acid groups (broad SMARTS) is 1. The second-order valence-electron chi connectivity index (χ2n) is 3.81. The Labute approximate surface area is 105 Å². The average Bonchev–Trinajstić information content (AvgIpc) is 2.74. The molecule has 3 rings (SSSR count). The van der Waals surface area contributed by atoms with Crippen LogP contribution in [-0.4, -0.2) is 37.8 Å². The van der Waals surface area contributed by atoms with Gasteiger partial charge in [0.15, 0.2) is 0 Å². The number of methoxy groups -OCH3 is 1. The topological polar surface area (TPSA) is 110 Å². The molecule has 2 aromatic heterocycles. The van der Waals surface area contributed by atoms with Gasteiger partial charge in [0.25, 0.3) is 11.3 Å². The SMILES string of the molecule is COc1ccc2nc3nc(C(=O)O)c(=O)[nH]n3c2c1.